The van der Waals surface area contributed by atoms with Crippen molar-refractivity contribution in [3.63, 3.8) is 0 Å². The molecule has 1 amide bonds. The molecule has 0 saturated heterocycles. The van der Waals surface area contributed by atoms with E-state index in [0.717, 1.165) is 24.2 Å². The minimum Gasteiger partial charge on any atom is -0.355 e. The van der Waals surface area contributed by atoms with E-state index in [9.17, 15) is 9.18 Å². The zero-order chi connectivity index (χ0) is 16.5. The van der Waals surface area contributed by atoms with Gasteiger partial charge in [-0.1, -0.05) is 12.2 Å². The van der Waals surface area contributed by atoms with Crippen molar-refractivity contribution in [3.05, 3.63) is 60.2 Å². The van der Waals surface area contributed by atoms with Gasteiger partial charge in [0.15, 0.2) is 0 Å². The Labute approximate surface area is 140 Å². The van der Waals surface area contributed by atoms with E-state index in [1.807, 2.05) is 12.3 Å². The summed E-state index contributed by atoms with van der Waals surface area (Å²) in [7, 11) is 0. The summed E-state index contributed by atoms with van der Waals surface area (Å²) in [5, 5.41) is 7.52. The van der Waals surface area contributed by atoms with Gasteiger partial charge in [-0.2, -0.15) is 5.10 Å². The Kier molecular flexibility index (Phi) is 3.92. The van der Waals surface area contributed by atoms with E-state index in [-0.39, 0.29) is 17.6 Å². The van der Waals surface area contributed by atoms with Gasteiger partial charge >= 0.3 is 0 Å². The standard InChI is InChI=1S/C19H20FN3O/c20-15-3-5-17(6-4-15)23-10-8-16(22-23)7-9-21-19(24)18-12-13-1-2-14(18)11-13/h1-6,8,10,13-14,18H,7,9,11-12H2,(H,21,24)/t13-,14-,18-/m0/s1. The summed E-state index contributed by atoms with van der Waals surface area (Å²) in [5.41, 5.74) is 1.73. The Balaban J connectivity index is 1.30. The summed E-state index contributed by atoms with van der Waals surface area (Å²) < 4.78 is 14.7. The van der Waals surface area contributed by atoms with Gasteiger partial charge in [-0.15, -0.1) is 0 Å². The second-order valence-electron chi connectivity index (χ2n) is 6.66. The molecule has 24 heavy (non-hydrogen) atoms. The zero-order valence-electron chi connectivity index (χ0n) is 13.4. The van der Waals surface area contributed by atoms with Crippen LogP contribution in [0.1, 0.15) is 18.5 Å². The molecule has 0 aliphatic heterocycles. The van der Waals surface area contributed by atoms with Crippen LogP contribution in [0, 0.1) is 23.6 Å². The van der Waals surface area contributed by atoms with E-state index < -0.39 is 0 Å². The lowest BCUT2D eigenvalue weighted by Crippen LogP contribution is -2.34. The zero-order valence-corrected chi connectivity index (χ0v) is 13.4. The minimum atomic E-state index is -0.260. The summed E-state index contributed by atoms with van der Waals surface area (Å²) in [5.74, 6) is 1.11. The second kappa shape index (κ2) is 6.23. The Morgan fingerprint density at radius 2 is 2.04 bits per heavy atom. The maximum atomic E-state index is 13.0. The molecule has 4 rings (SSSR count). The smallest absolute Gasteiger partial charge is 0.223 e. The highest BCUT2D eigenvalue weighted by molar-refractivity contribution is 5.79. The van der Waals surface area contributed by atoms with Crippen LogP contribution in [0.2, 0.25) is 0 Å². The van der Waals surface area contributed by atoms with E-state index >= 15 is 0 Å². The van der Waals surface area contributed by atoms with Crippen LogP contribution in [-0.2, 0) is 11.2 Å². The van der Waals surface area contributed by atoms with Gasteiger partial charge in [0.1, 0.15) is 5.82 Å². The molecule has 4 nitrogen and oxygen atoms in total. The SMILES string of the molecule is O=C(NCCc1ccn(-c2ccc(F)cc2)n1)[C@H]1C[C@H]2C=C[C@H]1C2. The minimum absolute atomic E-state index is 0.150. The van der Waals surface area contributed by atoms with E-state index in [1.54, 1.807) is 16.8 Å². The van der Waals surface area contributed by atoms with Crippen molar-refractivity contribution in [2.75, 3.05) is 6.54 Å². The predicted octanol–water partition coefficient (Wildman–Crippen LogP) is 2.88. The highest BCUT2D eigenvalue weighted by Crippen LogP contribution is 2.43. The van der Waals surface area contributed by atoms with E-state index in [1.165, 1.54) is 12.1 Å². The average Bonchev–Trinajstić information content (AvgIpc) is 3.32. The number of aromatic nitrogens is 2. The normalized spacial score (nSPS) is 24.5. The lowest BCUT2D eigenvalue weighted by molar-refractivity contribution is -0.125. The van der Waals surface area contributed by atoms with Crippen molar-refractivity contribution in [2.24, 2.45) is 17.8 Å². The highest BCUT2D eigenvalue weighted by atomic mass is 19.1. The topological polar surface area (TPSA) is 46.9 Å². The Bertz CT molecular complexity index is 765. The van der Waals surface area contributed by atoms with Crippen molar-refractivity contribution in [3.8, 4) is 5.69 Å². The molecule has 2 aromatic rings. The van der Waals surface area contributed by atoms with Gasteiger partial charge in [0.25, 0.3) is 0 Å². The molecular formula is C19H20FN3O. The first-order valence-electron chi connectivity index (χ1n) is 8.45. The number of rotatable bonds is 5. The summed E-state index contributed by atoms with van der Waals surface area (Å²) in [6, 6.07) is 8.14. The molecular weight excluding hydrogens is 305 g/mol. The number of allylic oxidation sites excluding steroid dienone is 2. The van der Waals surface area contributed by atoms with Crippen LogP contribution in [0.5, 0.6) is 0 Å². The molecule has 1 fully saturated rings. The number of nitrogens with one attached hydrogen (secondary N) is 1. The van der Waals surface area contributed by atoms with Gasteiger partial charge < -0.3 is 5.32 Å². The Hall–Kier alpha value is -2.43. The maximum absolute atomic E-state index is 13.0. The van der Waals surface area contributed by atoms with Gasteiger partial charge in [-0.05, 0) is 55.0 Å². The molecule has 0 spiro atoms. The molecule has 124 valence electrons. The third kappa shape index (κ3) is 2.98. The molecule has 2 aliphatic rings. The number of hydrogen-bond acceptors (Lipinski definition) is 2. The maximum Gasteiger partial charge on any atom is 0.223 e. The summed E-state index contributed by atoms with van der Waals surface area (Å²) in [4.78, 5) is 12.3. The van der Waals surface area contributed by atoms with E-state index in [2.05, 4.69) is 22.6 Å². The molecule has 1 heterocycles. The van der Waals surface area contributed by atoms with E-state index in [4.69, 9.17) is 0 Å². The van der Waals surface area contributed by atoms with Crippen LogP contribution < -0.4 is 5.32 Å². The number of hydrogen-bond donors (Lipinski definition) is 1. The fourth-order valence-corrected chi connectivity index (χ4v) is 3.76. The fourth-order valence-electron chi connectivity index (χ4n) is 3.76. The van der Waals surface area contributed by atoms with Crippen molar-refractivity contribution in [2.45, 2.75) is 19.3 Å². The molecule has 1 saturated carbocycles. The first-order chi connectivity index (χ1) is 11.7. The molecule has 1 N–H and O–H groups in total. The number of carbonyl (C=O) groups is 1. The van der Waals surface area contributed by atoms with Crippen LogP contribution in [0.3, 0.4) is 0 Å². The van der Waals surface area contributed by atoms with Crippen LogP contribution in [0.15, 0.2) is 48.7 Å². The molecule has 0 radical (unpaired) electrons. The first kappa shape index (κ1) is 15.1. The van der Waals surface area contributed by atoms with Crippen molar-refractivity contribution in [1.29, 1.82) is 0 Å². The van der Waals surface area contributed by atoms with Crippen LogP contribution >= 0.6 is 0 Å². The molecule has 2 bridgehead atoms. The number of carbonyl (C=O) groups excluding carboxylic acids is 1. The monoisotopic (exact) mass is 325 g/mol. The van der Waals surface area contributed by atoms with Crippen LogP contribution in [0.4, 0.5) is 4.39 Å². The van der Waals surface area contributed by atoms with Crippen molar-refractivity contribution >= 4 is 5.91 Å². The summed E-state index contributed by atoms with van der Waals surface area (Å²) >= 11 is 0. The van der Waals surface area contributed by atoms with Gasteiger partial charge in [0.2, 0.25) is 5.91 Å². The summed E-state index contributed by atoms with van der Waals surface area (Å²) in [6.07, 6.45) is 9.12. The third-order valence-electron chi connectivity index (χ3n) is 5.03. The predicted molar refractivity (Wildman–Crippen MR) is 89.1 cm³/mol. The first-order valence-corrected chi connectivity index (χ1v) is 8.45. The number of fused-ring (bicyclic) bond motifs is 2. The van der Waals surface area contributed by atoms with Gasteiger partial charge in [-0.25, -0.2) is 9.07 Å². The van der Waals surface area contributed by atoms with Gasteiger partial charge in [0.05, 0.1) is 11.4 Å². The Morgan fingerprint density at radius 1 is 1.21 bits per heavy atom. The number of halogens is 1. The fraction of sp³-hybridized carbons (Fsp3) is 0.368. The Morgan fingerprint density at radius 3 is 2.75 bits per heavy atom. The number of nitrogens with zero attached hydrogens (tertiary/aromatic N) is 2. The molecule has 1 aromatic carbocycles. The van der Waals surface area contributed by atoms with Gasteiger partial charge in [0, 0.05) is 25.1 Å². The van der Waals surface area contributed by atoms with Crippen molar-refractivity contribution in [1.82, 2.24) is 15.1 Å². The van der Waals surface area contributed by atoms with Crippen LogP contribution in [-0.4, -0.2) is 22.2 Å². The molecule has 0 unspecified atom stereocenters. The molecule has 3 atom stereocenters. The summed E-state index contributed by atoms with van der Waals surface area (Å²) in [6.45, 7) is 0.594. The average molecular weight is 325 g/mol. The number of amides is 1. The molecule has 2 aliphatic carbocycles. The lowest BCUT2D eigenvalue weighted by Gasteiger charge is -2.17. The van der Waals surface area contributed by atoms with Crippen LogP contribution in [0.25, 0.3) is 5.69 Å². The lowest BCUT2D eigenvalue weighted by atomic mass is 9.93. The van der Waals surface area contributed by atoms with E-state index in [0.29, 0.717) is 24.8 Å². The quantitative estimate of drug-likeness (QED) is 0.859. The van der Waals surface area contributed by atoms with Gasteiger partial charge in [-0.3, -0.25) is 4.79 Å². The largest absolute Gasteiger partial charge is 0.355 e. The van der Waals surface area contributed by atoms with Crippen molar-refractivity contribution < 1.29 is 9.18 Å². The second-order valence-corrected chi connectivity index (χ2v) is 6.66. The molecule has 1 aromatic heterocycles. The molecule has 5 heteroatoms. The third-order valence-corrected chi connectivity index (χ3v) is 5.03. The highest BCUT2D eigenvalue weighted by Gasteiger charge is 2.39. The number of benzene rings is 1.